The number of hydrogen-bond donors (Lipinski definition) is 1. The Balaban J connectivity index is 1.39. The van der Waals surface area contributed by atoms with Crippen LogP contribution in [0, 0.1) is 0 Å². The van der Waals surface area contributed by atoms with Crippen molar-refractivity contribution < 1.29 is 19.4 Å². The van der Waals surface area contributed by atoms with Gasteiger partial charge in [-0.05, 0) is 36.4 Å². The van der Waals surface area contributed by atoms with Crippen LogP contribution in [0.15, 0.2) is 53.7 Å². The lowest BCUT2D eigenvalue weighted by Crippen LogP contribution is -2.37. The monoisotopic (exact) mass is 424 g/mol. The van der Waals surface area contributed by atoms with Crippen LogP contribution in [-0.2, 0) is 7.05 Å². The highest BCUT2D eigenvalue weighted by molar-refractivity contribution is 7.99. The first-order valence-electron chi connectivity index (χ1n) is 9.29. The Morgan fingerprint density at radius 1 is 1.03 bits per heavy atom. The van der Waals surface area contributed by atoms with Crippen molar-refractivity contribution in [1.82, 2.24) is 19.7 Å². The second kappa shape index (κ2) is 8.29. The number of aliphatic hydroxyl groups is 1. The molecule has 0 fully saturated rings. The van der Waals surface area contributed by atoms with Crippen LogP contribution >= 0.6 is 11.8 Å². The maximum absolute atomic E-state index is 12.4. The van der Waals surface area contributed by atoms with Gasteiger partial charge in [0, 0.05) is 18.4 Å². The van der Waals surface area contributed by atoms with Gasteiger partial charge < -0.3 is 14.4 Å². The molecule has 0 spiro atoms. The molecule has 2 aromatic carbocycles. The zero-order valence-electron chi connectivity index (χ0n) is 16.5. The number of nitrogens with zero attached hydrogens (tertiary/aromatic N) is 4. The van der Waals surface area contributed by atoms with Gasteiger partial charge in [-0.1, -0.05) is 23.9 Å². The first kappa shape index (κ1) is 20.1. The molecule has 0 unspecified atom stereocenters. The molecule has 154 valence electrons. The topological polar surface area (TPSA) is 97.6 Å². The Bertz CT molecular complexity index is 1060. The van der Waals surface area contributed by atoms with Crippen LogP contribution in [-0.4, -0.2) is 62.1 Å². The number of hydrogen-bond acceptors (Lipinski definition) is 7. The molecule has 1 aliphatic heterocycles. The van der Waals surface area contributed by atoms with Gasteiger partial charge >= 0.3 is 0 Å². The van der Waals surface area contributed by atoms with Gasteiger partial charge in [-0.15, -0.1) is 10.2 Å². The van der Waals surface area contributed by atoms with Crippen molar-refractivity contribution in [3.63, 3.8) is 0 Å². The van der Waals surface area contributed by atoms with Gasteiger partial charge in [-0.3, -0.25) is 14.5 Å². The molecule has 30 heavy (non-hydrogen) atoms. The zero-order valence-corrected chi connectivity index (χ0v) is 17.3. The average molecular weight is 424 g/mol. The minimum absolute atomic E-state index is 0.0669. The van der Waals surface area contributed by atoms with E-state index in [1.807, 2.05) is 35.9 Å². The van der Waals surface area contributed by atoms with E-state index in [0.717, 1.165) is 16.2 Å². The minimum Gasteiger partial charge on any atom is -0.497 e. The Morgan fingerprint density at radius 2 is 1.67 bits per heavy atom. The largest absolute Gasteiger partial charge is 0.497 e. The Hall–Kier alpha value is -3.17. The summed E-state index contributed by atoms with van der Waals surface area (Å²) >= 11 is 1.31. The summed E-state index contributed by atoms with van der Waals surface area (Å²) in [6.07, 6.45) is -0.890. The number of aliphatic hydroxyl groups excluding tert-OH is 1. The number of aromatic nitrogens is 3. The molecule has 0 aliphatic carbocycles. The number of benzene rings is 2. The summed E-state index contributed by atoms with van der Waals surface area (Å²) in [4.78, 5) is 26.0. The molecule has 1 aromatic heterocycles. The number of β-amino-alcohol motifs (C(OH)–C–C–N with tert-alkyl or cyclic N) is 1. The number of amides is 2. The summed E-state index contributed by atoms with van der Waals surface area (Å²) in [7, 11) is 3.46. The highest BCUT2D eigenvalue weighted by Crippen LogP contribution is 2.26. The summed E-state index contributed by atoms with van der Waals surface area (Å²) in [5.41, 5.74) is 1.64. The molecular weight excluding hydrogens is 404 g/mol. The van der Waals surface area contributed by atoms with Gasteiger partial charge in [0.05, 0.1) is 30.9 Å². The second-order valence-corrected chi connectivity index (χ2v) is 7.81. The molecule has 8 nitrogen and oxygen atoms in total. The van der Waals surface area contributed by atoms with Gasteiger partial charge in [-0.25, -0.2) is 0 Å². The van der Waals surface area contributed by atoms with Gasteiger partial charge in [0.1, 0.15) is 5.75 Å². The first-order valence-corrected chi connectivity index (χ1v) is 10.3. The Kier molecular flexibility index (Phi) is 5.56. The van der Waals surface area contributed by atoms with Crippen LogP contribution in [0.4, 0.5) is 0 Å². The molecule has 2 amide bonds. The van der Waals surface area contributed by atoms with Crippen molar-refractivity contribution in [2.24, 2.45) is 7.05 Å². The fourth-order valence-electron chi connectivity index (χ4n) is 3.27. The van der Waals surface area contributed by atoms with Crippen LogP contribution < -0.4 is 4.74 Å². The SMILES string of the molecule is COc1ccc(-c2nnc(SC[C@@H](O)CN3C(=O)c4ccccc4C3=O)n2C)cc1. The van der Waals surface area contributed by atoms with E-state index < -0.39 is 6.10 Å². The number of imide groups is 1. The van der Waals surface area contributed by atoms with Crippen LogP contribution in [0.1, 0.15) is 20.7 Å². The number of methoxy groups -OCH3 is 1. The normalized spacial score (nSPS) is 14.2. The third-order valence-electron chi connectivity index (χ3n) is 4.86. The number of thioether (sulfide) groups is 1. The molecule has 3 aromatic rings. The number of carbonyl (C=O) groups is 2. The molecule has 0 saturated heterocycles. The van der Waals surface area contributed by atoms with E-state index in [2.05, 4.69) is 10.2 Å². The highest BCUT2D eigenvalue weighted by Gasteiger charge is 2.36. The van der Waals surface area contributed by atoms with E-state index in [0.29, 0.717) is 22.1 Å². The summed E-state index contributed by atoms with van der Waals surface area (Å²) in [5, 5.41) is 19.5. The summed E-state index contributed by atoms with van der Waals surface area (Å²) in [6, 6.07) is 14.2. The Morgan fingerprint density at radius 3 is 2.27 bits per heavy atom. The predicted octanol–water partition coefficient (Wildman–Crippen LogP) is 2.24. The van der Waals surface area contributed by atoms with Crippen molar-refractivity contribution in [1.29, 1.82) is 0 Å². The van der Waals surface area contributed by atoms with Crippen LogP contribution in [0.25, 0.3) is 11.4 Å². The van der Waals surface area contributed by atoms with Gasteiger partial charge in [-0.2, -0.15) is 0 Å². The molecular formula is C21H20N4O4S. The van der Waals surface area contributed by atoms with Crippen molar-refractivity contribution in [3.8, 4) is 17.1 Å². The lowest BCUT2D eigenvalue weighted by atomic mass is 10.1. The molecule has 2 heterocycles. The van der Waals surface area contributed by atoms with Gasteiger partial charge in [0.15, 0.2) is 11.0 Å². The number of rotatable bonds is 7. The summed E-state index contributed by atoms with van der Waals surface area (Å²) in [6.45, 7) is -0.0669. The first-order chi connectivity index (χ1) is 14.5. The van der Waals surface area contributed by atoms with Crippen LogP contribution in [0.3, 0.4) is 0 Å². The maximum Gasteiger partial charge on any atom is 0.261 e. The van der Waals surface area contributed by atoms with E-state index in [9.17, 15) is 14.7 Å². The fraction of sp³-hybridized carbons (Fsp3) is 0.238. The standard InChI is InChI=1S/C21H20N4O4S/c1-24-18(13-7-9-15(29-2)10-8-13)22-23-21(24)30-12-14(26)11-25-19(27)16-5-3-4-6-17(16)20(25)28/h3-10,14,26H,11-12H2,1-2H3/t14-/m0/s1. The van der Waals surface area contributed by atoms with Crippen molar-refractivity contribution in [2.75, 3.05) is 19.4 Å². The lowest BCUT2D eigenvalue weighted by Gasteiger charge is -2.18. The third-order valence-corrected chi connectivity index (χ3v) is 6.02. The lowest BCUT2D eigenvalue weighted by molar-refractivity contribution is 0.0567. The van der Waals surface area contributed by atoms with E-state index >= 15 is 0 Å². The number of ether oxygens (including phenoxy) is 1. The molecule has 1 N–H and O–H groups in total. The fourth-order valence-corrected chi connectivity index (χ4v) is 4.10. The smallest absolute Gasteiger partial charge is 0.261 e. The zero-order chi connectivity index (χ0) is 21.3. The molecule has 4 rings (SSSR count). The third kappa shape index (κ3) is 3.69. The minimum atomic E-state index is -0.890. The summed E-state index contributed by atoms with van der Waals surface area (Å²) < 4.78 is 7.00. The second-order valence-electron chi connectivity index (χ2n) is 6.83. The average Bonchev–Trinajstić information content (AvgIpc) is 3.25. The van der Waals surface area contributed by atoms with E-state index in [1.165, 1.54) is 11.8 Å². The molecule has 1 atom stereocenters. The number of carbonyl (C=O) groups excluding carboxylic acids is 2. The van der Waals surface area contributed by atoms with E-state index in [4.69, 9.17) is 4.74 Å². The molecule has 0 saturated carbocycles. The van der Waals surface area contributed by atoms with Crippen LogP contribution in [0.5, 0.6) is 5.75 Å². The Labute approximate surface area is 177 Å². The van der Waals surface area contributed by atoms with E-state index in [1.54, 1.807) is 31.4 Å². The van der Waals surface area contributed by atoms with Crippen LogP contribution in [0.2, 0.25) is 0 Å². The van der Waals surface area contributed by atoms with Gasteiger partial charge in [0.25, 0.3) is 11.8 Å². The summed E-state index contributed by atoms with van der Waals surface area (Å²) in [5.74, 6) is 0.962. The number of fused-ring (bicyclic) bond motifs is 1. The predicted molar refractivity (Wildman–Crippen MR) is 112 cm³/mol. The highest BCUT2D eigenvalue weighted by atomic mass is 32.2. The molecule has 0 bridgehead atoms. The van der Waals surface area contributed by atoms with Crippen molar-refractivity contribution >= 4 is 23.6 Å². The molecule has 1 aliphatic rings. The maximum atomic E-state index is 12.4. The van der Waals surface area contributed by atoms with Crippen molar-refractivity contribution in [2.45, 2.75) is 11.3 Å². The van der Waals surface area contributed by atoms with E-state index in [-0.39, 0.29) is 24.1 Å². The van der Waals surface area contributed by atoms with Gasteiger partial charge in [0.2, 0.25) is 0 Å². The molecule has 9 heteroatoms. The van der Waals surface area contributed by atoms with Crippen molar-refractivity contribution in [3.05, 3.63) is 59.7 Å². The quantitative estimate of drug-likeness (QED) is 0.459. The molecule has 0 radical (unpaired) electrons.